The van der Waals surface area contributed by atoms with Gasteiger partial charge in [-0.25, -0.2) is 0 Å². The van der Waals surface area contributed by atoms with E-state index in [1.54, 1.807) is 17.9 Å². The quantitative estimate of drug-likeness (QED) is 0.369. The molecule has 0 aliphatic carbocycles. The Balaban J connectivity index is 1.61. The summed E-state index contributed by atoms with van der Waals surface area (Å²) in [5.74, 6) is -2.49. The lowest BCUT2D eigenvalue weighted by Crippen LogP contribution is -2.59. The molecule has 6 atom stereocenters. The van der Waals surface area contributed by atoms with Crippen molar-refractivity contribution in [3.05, 3.63) is 55.1 Å². The minimum Gasteiger partial charge on any atom is -0.466 e. The van der Waals surface area contributed by atoms with Gasteiger partial charge in [-0.3, -0.25) is 14.4 Å². The van der Waals surface area contributed by atoms with Crippen LogP contribution in [-0.2, 0) is 23.9 Å². The van der Waals surface area contributed by atoms with Gasteiger partial charge < -0.3 is 24.4 Å². The number of rotatable bonds is 10. The normalized spacial score (nSPS) is 28.1. The minimum atomic E-state index is -1.16. The number of ether oxygens (including phenoxy) is 2. The lowest BCUT2D eigenvalue weighted by molar-refractivity contribution is -0.155. The van der Waals surface area contributed by atoms with Crippen LogP contribution >= 0.6 is 0 Å². The topological polar surface area (TPSA) is 96.4 Å². The summed E-state index contributed by atoms with van der Waals surface area (Å²) >= 11 is 0. The summed E-state index contributed by atoms with van der Waals surface area (Å²) in [6.45, 7) is 9.79. The molecule has 8 heteroatoms. The number of carbonyl (C=O) groups is 3. The molecule has 2 aromatic rings. The van der Waals surface area contributed by atoms with Gasteiger partial charge >= 0.3 is 5.97 Å². The van der Waals surface area contributed by atoms with E-state index in [0.717, 1.165) is 10.8 Å². The van der Waals surface area contributed by atoms with Crippen LogP contribution in [0.5, 0.6) is 0 Å². The summed E-state index contributed by atoms with van der Waals surface area (Å²) in [7, 11) is 0. The third-order valence-electron chi connectivity index (χ3n) is 8.50. The number of fused-ring (bicyclic) bond motifs is 2. The highest BCUT2D eigenvalue weighted by atomic mass is 16.6. The number of hydrogen-bond acceptors (Lipinski definition) is 6. The standard InChI is InChI=1S/C31H38N2O6/c1-5-15-32(22-12-11-20-9-7-8-10-21(20)17-22)29(36)27-31-14-13-24(39-31)25(30(37)38-6-2)26(31)28(35)33(27)23(18-34)16-19(3)4/h5,7-12,17,19,23-27,34H,1,6,13-16,18H2,2-4H3/t23-,24+,25-,26-,27+,31-/m1/s1. The van der Waals surface area contributed by atoms with Crippen molar-refractivity contribution >= 4 is 34.2 Å². The first-order valence-corrected chi connectivity index (χ1v) is 14.0. The summed E-state index contributed by atoms with van der Waals surface area (Å²) in [6, 6.07) is 12.2. The van der Waals surface area contributed by atoms with Crippen LogP contribution in [0.2, 0.25) is 0 Å². The molecule has 0 unspecified atom stereocenters. The third kappa shape index (κ3) is 4.43. The zero-order valence-corrected chi connectivity index (χ0v) is 22.9. The van der Waals surface area contributed by atoms with Crippen molar-refractivity contribution in [2.75, 3.05) is 24.7 Å². The van der Waals surface area contributed by atoms with Crippen molar-refractivity contribution in [2.45, 2.75) is 63.8 Å². The molecule has 2 amide bonds. The van der Waals surface area contributed by atoms with Crippen molar-refractivity contribution in [2.24, 2.45) is 17.8 Å². The zero-order chi connectivity index (χ0) is 27.9. The lowest BCUT2D eigenvalue weighted by atomic mass is 9.70. The van der Waals surface area contributed by atoms with Crippen LogP contribution in [0.25, 0.3) is 10.8 Å². The fraction of sp³-hybridized carbons (Fsp3) is 0.516. The van der Waals surface area contributed by atoms with E-state index in [9.17, 15) is 19.5 Å². The van der Waals surface area contributed by atoms with Crippen molar-refractivity contribution in [3.63, 3.8) is 0 Å². The Kier molecular flexibility index (Phi) is 7.53. The number of anilines is 1. The molecule has 3 fully saturated rings. The molecule has 0 aromatic heterocycles. The van der Waals surface area contributed by atoms with Crippen LogP contribution in [0.15, 0.2) is 55.1 Å². The summed E-state index contributed by atoms with van der Waals surface area (Å²) < 4.78 is 11.9. The average molecular weight is 535 g/mol. The fourth-order valence-corrected chi connectivity index (χ4v) is 7.03. The Morgan fingerprint density at radius 3 is 2.67 bits per heavy atom. The molecule has 39 heavy (non-hydrogen) atoms. The Labute approximate surface area is 229 Å². The van der Waals surface area contributed by atoms with Gasteiger partial charge in [0.2, 0.25) is 5.91 Å². The largest absolute Gasteiger partial charge is 0.466 e. The van der Waals surface area contributed by atoms with Crippen LogP contribution in [0.4, 0.5) is 5.69 Å². The first-order valence-electron chi connectivity index (χ1n) is 14.0. The predicted octanol–water partition coefficient (Wildman–Crippen LogP) is 3.70. The van der Waals surface area contributed by atoms with Gasteiger partial charge in [0, 0.05) is 12.2 Å². The first-order chi connectivity index (χ1) is 18.8. The highest BCUT2D eigenvalue weighted by molar-refractivity contribution is 6.05. The maximum atomic E-state index is 14.7. The molecule has 208 valence electrons. The SMILES string of the molecule is C=CCN(C(=O)[C@@H]1N([C@@H](CO)CC(C)C)C(=O)[C@H]2[C@H](C(=O)OCC)[C@@H]3CC[C@]12O3)c1ccc2ccccc2c1. The first kappa shape index (κ1) is 27.3. The molecule has 2 bridgehead atoms. The molecule has 3 aliphatic heterocycles. The van der Waals surface area contributed by atoms with Gasteiger partial charge in [0.15, 0.2) is 0 Å². The summed E-state index contributed by atoms with van der Waals surface area (Å²) in [6.07, 6.45) is 2.75. The van der Waals surface area contributed by atoms with Crippen LogP contribution in [0.1, 0.15) is 40.0 Å². The molecule has 8 nitrogen and oxygen atoms in total. The number of carbonyl (C=O) groups excluding carboxylic acids is 3. The molecule has 0 saturated carbocycles. The van der Waals surface area contributed by atoms with Gasteiger partial charge in [-0.2, -0.15) is 0 Å². The number of hydrogen-bond donors (Lipinski definition) is 1. The molecule has 3 aliphatic rings. The number of likely N-dealkylation sites (tertiary alicyclic amines) is 1. The number of benzene rings is 2. The number of amides is 2. The fourth-order valence-electron chi connectivity index (χ4n) is 7.03. The molecular weight excluding hydrogens is 496 g/mol. The van der Waals surface area contributed by atoms with Crippen molar-refractivity contribution in [1.82, 2.24) is 4.90 Å². The van der Waals surface area contributed by atoms with E-state index in [0.29, 0.717) is 24.9 Å². The lowest BCUT2D eigenvalue weighted by Gasteiger charge is -2.39. The molecule has 1 N–H and O–H groups in total. The Morgan fingerprint density at radius 2 is 2.00 bits per heavy atom. The predicted molar refractivity (Wildman–Crippen MR) is 148 cm³/mol. The maximum absolute atomic E-state index is 14.7. The van der Waals surface area contributed by atoms with Crippen molar-refractivity contribution < 1.29 is 29.0 Å². The van der Waals surface area contributed by atoms with Crippen LogP contribution < -0.4 is 4.90 Å². The van der Waals surface area contributed by atoms with E-state index in [-0.39, 0.29) is 37.5 Å². The molecule has 1 spiro atoms. The van der Waals surface area contributed by atoms with E-state index in [2.05, 4.69) is 6.58 Å². The molecule has 2 aromatic carbocycles. The Morgan fingerprint density at radius 1 is 1.26 bits per heavy atom. The Hall–Kier alpha value is -3.23. The van der Waals surface area contributed by atoms with Crippen molar-refractivity contribution in [1.29, 1.82) is 0 Å². The number of nitrogens with zero attached hydrogens (tertiary/aromatic N) is 2. The van der Waals surface area contributed by atoms with E-state index < -0.39 is 41.6 Å². The summed E-state index contributed by atoms with van der Waals surface area (Å²) in [4.78, 5) is 45.1. The van der Waals surface area contributed by atoms with Crippen LogP contribution in [0, 0.1) is 17.8 Å². The minimum absolute atomic E-state index is 0.173. The number of aliphatic hydroxyl groups is 1. The van der Waals surface area contributed by atoms with Crippen LogP contribution in [0.3, 0.4) is 0 Å². The van der Waals surface area contributed by atoms with E-state index >= 15 is 0 Å². The van der Waals surface area contributed by atoms with Crippen LogP contribution in [-0.4, -0.2) is 71.3 Å². The summed E-state index contributed by atoms with van der Waals surface area (Å²) in [5.41, 5.74) is -0.471. The summed E-state index contributed by atoms with van der Waals surface area (Å²) in [5, 5.41) is 12.5. The molecule has 0 radical (unpaired) electrons. The zero-order valence-electron chi connectivity index (χ0n) is 22.9. The number of esters is 1. The van der Waals surface area contributed by atoms with Gasteiger partial charge in [0.05, 0.1) is 37.2 Å². The van der Waals surface area contributed by atoms with Gasteiger partial charge in [0.25, 0.3) is 5.91 Å². The second-order valence-electron chi connectivity index (χ2n) is 11.3. The van der Waals surface area contributed by atoms with Crippen molar-refractivity contribution in [3.8, 4) is 0 Å². The maximum Gasteiger partial charge on any atom is 0.312 e. The molecular formula is C31H38N2O6. The van der Waals surface area contributed by atoms with Gasteiger partial charge in [-0.05, 0) is 55.0 Å². The highest BCUT2D eigenvalue weighted by Gasteiger charge is 2.75. The highest BCUT2D eigenvalue weighted by Crippen LogP contribution is 2.59. The van der Waals surface area contributed by atoms with E-state index in [1.165, 1.54) is 4.90 Å². The smallest absolute Gasteiger partial charge is 0.312 e. The number of aliphatic hydroxyl groups excluding tert-OH is 1. The molecule has 3 heterocycles. The monoisotopic (exact) mass is 534 g/mol. The van der Waals surface area contributed by atoms with Gasteiger partial charge in [-0.15, -0.1) is 6.58 Å². The second-order valence-corrected chi connectivity index (χ2v) is 11.3. The van der Waals surface area contributed by atoms with E-state index in [4.69, 9.17) is 9.47 Å². The van der Waals surface area contributed by atoms with Gasteiger partial charge in [0.1, 0.15) is 11.6 Å². The molecule has 3 saturated heterocycles. The third-order valence-corrected chi connectivity index (χ3v) is 8.50. The molecule has 5 rings (SSSR count). The average Bonchev–Trinajstić information content (AvgIpc) is 3.57. The second kappa shape index (κ2) is 10.7. The Bertz CT molecular complexity index is 1280. The van der Waals surface area contributed by atoms with Gasteiger partial charge in [-0.1, -0.05) is 50.3 Å². The van der Waals surface area contributed by atoms with E-state index in [1.807, 2.05) is 56.3 Å².